The first-order chi connectivity index (χ1) is 11.2. The number of hydrogen-bond acceptors (Lipinski definition) is 4. The van der Waals surface area contributed by atoms with Gasteiger partial charge in [0.1, 0.15) is 0 Å². The van der Waals surface area contributed by atoms with Crippen molar-refractivity contribution in [2.45, 2.75) is 31.2 Å². The van der Waals surface area contributed by atoms with Crippen molar-refractivity contribution in [2.24, 2.45) is 0 Å². The van der Waals surface area contributed by atoms with Gasteiger partial charge in [-0.15, -0.1) is 11.3 Å². The summed E-state index contributed by atoms with van der Waals surface area (Å²) in [7, 11) is 3.23. The van der Waals surface area contributed by atoms with Gasteiger partial charge in [-0.25, -0.2) is 0 Å². The van der Waals surface area contributed by atoms with Crippen LogP contribution in [0.5, 0.6) is 11.5 Å². The zero-order valence-corrected chi connectivity index (χ0v) is 14.2. The minimum atomic E-state index is 0.115. The number of thiophene rings is 1. The van der Waals surface area contributed by atoms with E-state index in [1.807, 2.05) is 18.2 Å². The SMILES string of the molecule is COc1ccc(CCC(=O)NC2CC2c2cccs2)cc1OC. The molecule has 2 aromatic rings. The second kappa shape index (κ2) is 7.04. The van der Waals surface area contributed by atoms with E-state index in [2.05, 4.69) is 22.8 Å². The van der Waals surface area contributed by atoms with E-state index in [0.717, 1.165) is 12.0 Å². The molecule has 5 heteroatoms. The highest BCUT2D eigenvalue weighted by molar-refractivity contribution is 7.10. The van der Waals surface area contributed by atoms with Crippen LogP contribution in [-0.2, 0) is 11.2 Å². The van der Waals surface area contributed by atoms with E-state index in [1.165, 1.54) is 4.88 Å². The number of nitrogens with one attached hydrogen (secondary N) is 1. The van der Waals surface area contributed by atoms with E-state index in [0.29, 0.717) is 36.3 Å². The van der Waals surface area contributed by atoms with Gasteiger partial charge in [-0.1, -0.05) is 12.1 Å². The third-order valence-electron chi connectivity index (χ3n) is 4.13. The standard InChI is InChI=1S/C18H21NO3S/c1-21-15-7-5-12(10-16(15)22-2)6-8-18(20)19-14-11-13(14)17-4-3-9-23-17/h3-5,7,9-10,13-14H,6,8,11H2,1-2H3,(H,19,20). The maximum Gasteiger partial charge on any atom is 0.220 e. The van der Waals surface area contributed by atoms with Crippen molar-refractivity contribution < 1.29 is 14.3 Å². The Kier molecular flexibility index (Phi) is 4.86. The molecule has 1 heterocycles. The number of aryl methyl sites for hydroxylation is 1. The van der Waals surface area contributed by atoms with E-state index in [1.54, 1.807) is 25.6 Å². The lowest BCUT2D eigenvalue weighted by Gasteiger charge is -2.09. The van der Waals surface area contributed by atoms with Gasteiger partial charge in [-0.3, -0.25) is 4.79 Å². The molecule has 0 spiro atoms. The first-order valence-electron chi connectivity index (χ1n) is 7.75. The second-order valence-electron chi connectivity index (χ2n) is 5.72. The van der Waals surface area contributed by atoms with Crippen molar-refractivity contribution in [1.29, 1.82) is 0 Å². The molecule has 1 aliphatic rings. The fourth-order valence-corrected chi connectivity index (χ4v) is 3.65. The van der Waals surface area contributed by atoms with Crippen LogP contribution in [0.2, 0.25) is 0 Å². The van der Waals surface area contributed by atoms with Crippen LogP contribution in [0.3, 0.4) is 0 Å². The average molecular weight is 331 g/mol. The number of amides is 1. The van der Waals surface area contributed by atoms with Crippen molar-refractivity contribution in [3.63, 3.8) is 0 Å². The number of ether oxygens (including phenoxy) is 2. The van der Waals surface area contributed by atoms with Crippen molar-refractivity contribution in [3.05, 3.63) is 46.2 Å². The smallest absolute Gasteiger partial charge is 0.220 e. The van der Waals surface area contributed by atoms with Gasteiger partial charge in [-0.05, 0) is 42.0 Å². The van der Waals surface area contributed by atoms with Crippen molar-refractivity contribution >= 4 is 17.2 Å². The zero-order valence-electron chi connectivity index (χ0n) is 13.4. The minimum Gasteiger partial charge on any atom is -0.493 e. The van der Waals surface area contributed by atoms with Crippen LogP contribution in [0, 0.1) is 0 Å². The zero-order chi connectivity index (χ0) is 16.2. The fraction of sp³-hybridized carbons (Fsp3) is 0.389. The Labute approximate surface area is 140 Å². The molecule has 0 aliphatic heterocycles. The van der Waals surface area contributed by atoms with E-state index in [-0.39, 0.29) is 5.91 Å². The molecule has 1 aromatic carbocycles. The van der Waals surface area contributed by atoms with Crippen LogP contribution in [-0.4, -0.2) is 26.2 Å². The molecule has 0 bridgehead atoms. The third-order valence-corrected chi connectivity index (χ3v) is 5.14. The summed E-state index contributed by atoms with van der Waals surface area (Å²) in [5.41, 5.74) is 1.07. The highest BCUT2D eigenvalue weighted by Gasteiger charge is 2.39. The normalized spacial score (nSPS) is 19.2. The van der Waals surface area contributed by atoms with Gasteiger partial charge >= 0.3 is 0 Å². The van der Waals surface area contributed by atoms with Crippen molar-refractivity contribution in [1.82, 2.24) is 5.32 Å². The third kappa shape index (κ3) is 3.85. The second-order valence-corrected chi connectivity index (χ2v) is 6.70. The van der Waals surface area contributed by atoms with Crippen LogP contribution < -0.4 is 14.8 Å². The molecular formula is C18H21NO3S. The summed E-state index contributed by atoms with van der Waals surface area (Å²) in [6.45, 7) is 0. The Morgan fingerprint density at radius 3 is 2.78 bits per heavy atom. The Morgan fingerprint density at radius 1 is 1.26 bits per heavy atom. The van der Waals surface area contributed by atoms with Crippen molar-refractivity contribution in [2.75, 3.05) is 14.2 Å². The monoisotopic (exact) mass is 331 g/mol. The number of rotatable bonds is 7. The lowest BCUT2D eigenvalue weighted by Crippen LogP contribution is -2.26. The van der Waals surface area contributed by atoms with E-state index in [4.69, 9.17) is 9.47 Å². The van der Waals surface area contributed by atoms with Gasteiger partial charge in [-0.2, -0.15) is 0 Å². The number of methoxy groups -OCH3 is 2. The molecule has 1 aromatic heterocycles. The first kappa shape index (κ1) is 15.9. The average Bonchev–Trinajstić information content (AvgIpc) is 3.11. The number of benzene rings is 1. The largest absolute Gasteiger partial charge is 0.493 e. The lowest BCUT2D eigenvalue weighted by molar-refractivity contribution is -0.121. The predicted octanol–water partition coefficient (Wildman–Crippen LogP) is 3.37. The molecule has 1 aliphatic carbocycles. The van der Waals surface area contributed by atoms with Crippen LogP contribution in [0.15, 0.2) is 35.7 Å². The molecule has 2 atom stereocenters. The molecule has 4 nitrogen and oxygen atoms in total. The van der Waals surface area contributed by atoms with E-state index >= 15 is 0 Å². The first-order valence-corrected chi connectivity index (χ1v) is 8.63. The fourth-order valence-electron chi connectivity index (χ4n) is 2.74. The van der Waals surface area contributed by atoms with Gasteiger partial charge < -0.3 is 14.8 Å². The van der Waals surface area contributed by atoms with Crippen LogP contribution in [0.1, 0.15) is 29.2 Å². The minimum absolute atomic E-state index is 0.115. The molecule has 1 N–H and O–H groups in total. The summed E-state index contributed by atoms with van der Waals surface area (Å²) < 4.78 is 10.5. The van der Waals surface area contributed by atoms with E-state index in [9.17, 15) is 4.79 Å². The van der Waals surface area contributed by atoms with Crippen molar-refractivity contribution in [3.8, 4) is 11.5 Å². The number of carbonyl (C=O) groups excluding carboxylic acids is 1. The van der Waals surface area contributed by atoms with Gasteiger partial charge in [0, 0.05) is 23.3 Å². The molecule has 1 saturated carbocycles. The Morgan fingerprint density at radius 2 is 2.09 bits per heavy atom. The summed E-state index contributed by atoms with van der Waals surface area (Å²) >= 11 is 1.77. The van der Waals surface area contributed by atoms with Crippen LogP contribution in [0.25, 0.3) is 0 Å². The van der Waals surface area contributed by atoms with Gasteiger partial charge in [0.15, 0.2) is 11.5 Å². The molecule has 2 unspecified atom stereocenters. The topological polar surface area (TPSA) is 47.6 Å². The molecule has 1 amide bonds. The molecule has 23 heavy (non-hydrogen) atoms. The Bertz CT molecular complexity index is 669. The Balaban J connectivity index is 1.48. The summed E-state index contributed by atoms with van der Waals surface area (Å²) in [5.74, 6) is 2.03. The number of hydrogen-bond donors (Lipinski definition) is 1. The summed E-state index contributed by atoms with van der Waals surface area (Å²) in [6.07, 6.45) is 2.24. The Hall–Kier alpha value is -2.01. The number of carbonyl (C=O) groups is 1. The maximum absolute atomic E-state index is 12.1. The summed E-state index contributed by atoms with van der Waals surface area (Å²) in [5, 5.41) is 5.21. The van der Waals surface area contributed by atoms with Crippen LogP contribution in [0.4, 0.5) is 0 Å². The molecule has 0 radical (unpaired) electrons. The molecular weight excluding hydrogens is 310 g/mol. The van der Waals surface area contributed by atoms with Gasteiger partial charge in [0.25, 0.3) is 0 Å². The summed E-state index contributed by atoms with van der Waals surface area (Å²) in [4.78, 5) is 13.5. The molecule has 1 fully saturated rings. The molecule has 0 saturated heterocycles. The van der Waals surface area contributed by atoms with Crippen LogP contribution >= 0.6 is 11.3 Å². The highest BCUT2D eigenvalue weighted by atomic mass is 32.1. The highest BCUT2D eigenvalue weighted by Crippen LogP contribution is 2.42. The van der Waals surface area contributed by atoms with E-state index < -0.39 is 0 Å². The van der Waals surface area contributed by atoms with Gasteiger partial charge in [0.05, 0.1) is 14.2 Å². The molecule has 3 rings (SSSR count). The lowest BCUT2D eigenvalue weighted by atomic mass is 10.1. The quantitative estimate of drug-likeness (QED) is 0.846. The predicted molar refractivity (Wildman–Crippen MR) is 91.5 cm³/mol. The van der Waals surface area contributed by atoms with Gasteiger partial charge in [0.2, 0.25) is 5.91 Å². The summed E-state index contributed by atoms with van der Waals surface area (Å²) in [6, 6.07) is 10.3. The molecule has 122 valence electrons. The maximum atomic E-state index is 12.1.